The van der Waals surface area contributed by atoms with Crippen molar-refractivity contribution in [2.24, 2.45) is 5.73 Å². The second kappa shape index (κ2) is 19.9. The van der Waals surface area contributed by atoms with Gasteiger partial charge in [-0.3, -0.25) is 4.79 Å². The van der Waals surface area contributed by atoms with Gasteiger partial charge in [0.15, 0.2) is 31.5 Å². The Labute approximate surface area is 323 Å². The van der Waals surface area contributed by atoms with Crippen LogP contribution in [0.5, 0.6) is 0 Å². The summed E-state index contributed by atoms with van der Waals surface area (Å²) >= 11 is 0. The van der Waals surface area contributed by atoms with E-state index in [4.69, 9.17) is 48.4 Å². The second-order valence-electron chi connectivity index (χ2n) is 14.3. The van der Waals surface area contributed by atoms with Gasteiger partial charge in [-0.05, 0) is 0 Å². The molecule has 0 radical (unpaired) electrons. The third-order valence-electron chi connectivity index (χ3n) is 10.4. The third kappa shape index (κ3) is 9.85. The van der Waals surface area contributed by atoms with E-state index in [1.54, 1.807) is 0 Å². The number of hydrogen-bond acceptors (Lipinski definition) is 25. The molecule has 0 spiro atoms. The Bertz CT molecular complexity index is 1280. The van der Waals surface area contributed by atoms with Crippen molar-refractivity contribution in [2.45, 2.75) is 154 Å². The molecule has 5 heterocycles. The number of nitrogens with two attached hydrogens (primary N) is 1. The van der Waals surface area contributed by atoms with Crippen LogP contribution in [-0.2, 0) is 47.4 Å². The average Bonchev–Trinajstić information content (AvgIpc) is 3.18. The van der Waals surface area contributed by atoms with E-state index in [1.165, 1.54) is 0 Å². The van der Waals surface area contributed by atoms with Gasteiger partial charge in [-0.15, -0.1) is 0 Å². The number of rotatable bonds is 13. The molecule has 332 valence electrons. The predicted octanol–water partition coefficient (Wildman–Crippen LogP) is -11.2. The Morgan fingerprint density at radius 2 is 1.00 bits per heavy atom. The van der Waals surface area contributed by atoms with Crippen molar-refractivity contribution in [3.05, 3.63) is 0 Å². The van der Waals surface area contributed by atoms with Crippen LogP contribution in [0.4, 0.5) is 0 Å². The highest BCUT2D eigenvalue weighted by Gasteiger charge is 2.56. The summed E-state index contributed by atoms with van der Waals surface area (Å²) in [6.07, 6.45) is -38.3. The zero-order valence-electron chi connectivity index (χ0n) is 30.3. The quantitative estimate of drug-likeness (QED) is 0.0819. The lowest BCUT2D eigenvalue weighted by Crippen LogP contribution is -2.70. The number of ether oxygens (including phenoxy) is 9. The topological polar surface area (TPSA) is 421 Å². The maximum atomic E-state index is 11.9. The Balaban J connectivity index is 1.30. The predicted molar refractivity (Wildman–Crippen MR) is 174 cm³/mol. The van der Waals surface area contributed by atoms with Gasteiger partial charge in [0.2, 0.25) is 5.91 Å². The van der Waals surface area contributed by atoms with Gasteiger partial charge in [0.25, 0.3) is 0 Å². The van der Waals surface area contributed by atoms with E-state index in [9.17, 15) is 76.3 Å². The highest BCUT2D eigenvalue weighted by molar-refractivity contribution is 5.73. The van der Waals surface area contributed by atoms with Crippen LogP contribution >= 0.6 is 0 Å². The Hall–Kier alpha value is -1.49. The maximum absolute atomic E-state index is 11.9. The summed E-state index contributed by atoms with van der Waals surface area (Å²) in [6.45, 7) is -2.88. The molecule has 24 atom stereocenters. The van der Waals surface area contributed by atoms with Crippen LogP contribution in [0.25, 0.3) is 0 Å². The maximum Gasteiger partial charge on any atom is 0.217 e. The van der Waals surface area contributed by atoms with Crippen LogP contribution in [0.1, 0.15) is 6.92 Å². The van der Waals surface area contributed by atoms with E-state index >= 15 is 0 Å². The molecule has 57 heavy (non-hydrogen) atoms. The SMILES string of the molecule is CC(=O)N[C@H]1[C@@H](O[C@H]2[C@H](O)[C@@H](N)[C@H](O[C@H]3[C@@H](O)[C@@H](CO)O[C@@H](O[C@H]4[C@@H](O)[C@@H](CO)O[C@@H](O[C@H]5CO[C@@H](O)[C@@H](O)[C@@H]5O)[C@@H]4O)[C@@H]3O)O[C@@H]2CO)O[C@H](CO)[C@@H](O)[C@@H]1O. The highest BCUT2D eigenvalue weighted by atomic mass is 16.8. The lowest BCUT2D eigenvalue weighted by molar-refractivity contribution is -0.384. The molecule has 0 bridgehead atoms. The molecule has 0 aromatic carbocycles. The summed E-state index contributed by atoms with van der Waals surface area (Å²) in [7, 11) is 0. The second-order valence-corrected chi connectivity index (χ2v) is 14.3. The molecule has 5 rings (SSSR count). The summed E-state index contributed by atoms with van der Waals surface area (Å²) in [5.74, 6) is -0.675. The van der Waals surface area contributed by atoms with E-state index in [1.807, 2.05) is 0 Å². The Kier molecular flexibility index (Phi) is 16.3. The van der Waals surface area contributed by atoms with Crippen molar-refractivity contribution in [1.29, 1.82) is 0 Å². The highest BCUT2D eigenvalue weighted by Crippen LogP contribution is 2.35. The first-order valence-electron chi connectivity index (χ1n) is 18.1. The van der Waals surface area contributed by atoms with Crippen LogP contribution in [0.15, 0.2) is 0 Å². The van der Waals surface area contributed by atoms with Crippen molar-refractivity contribution in [1.82, 2.24) is 5.32 Å². The fourth-order valence-electron chi connectivity index (χ4n) is 7.15. The molecular weight excluding hydrogens is 784 g/mol. The summed E-state index contributed by atoms with van der Waals surface area (Å²) in [5.41, 5.74) is 6.25. The summed E-state index contributed by atoms with van der Waals surface area (Å²) in [4.78, 5) is 11.9. The molecule has 5 aliphatic heterocycles. The van der Waals surface area contributed by atoms with Crippen molar-refractivity contribution >= 4 is 5.91 Å². The van der Waals surface area contributed by atoms with E-state index in [-0.39, 0.29) is 0 Å². The summed E-state index contributed by atoms with van der Waals surface area (Å²) in [5, 5.41) is 149. The lowest BCUT2D eigenvalue weighted by Gasteiger charge is -2.50. The molecule has 0 aromatic heterocycles. The molecule has 26 heteroatoms. The van der Waals surface area contributed by atoms with Gasteiger partial charge in [0, 0.05) is 6.92 Å². The van der Waals surface area contributed by atoms with Gasteiger partial charge in [-0.1, -0.05) is 0 Å². The molecule has 5 saturated heterocycles. The number of carbonyl (C=O) groups is 1. The average molecular weight is 839 g/mol. The molecule has 17 N–H and O–H groups in total. The molecule has 26 nitrogen and oxygen atoms in total. The van der Waals surface area contributed by atoms with E-state index in [0.29, 0.717) is 0 Å². The van der Waals surface area contributed by atoms with Gasteiger partial charge >= 0.3 is 0 Å². The van der Waals surface area contributed by atoms with Crippen molar-refractivity contribution < 1.29 is 119 Å². The Morgan fingerprint density at radius 3 is 1.53 bits per heavy atom. The van der Waals surface area contributed by atoms with Crippen LogP contribution in [0, 0.1) is 0 Å². The van der Waals surface area contributed by atoms with Crippen molar-refractivity contribution in [3.63, 3.8) is 0 Å². The molecular formula is C31H54N2O24. The Morgan fingerprint density at radius 1 is 0.544 bits per heavy atom. The van der Waals surface area contributed by atoms with E-state index in [0.717, 1.165) is 6.92 Å². The summed E-state index contributed by atoms with van der Waals surface area (Å²) < 4.78 is 50.1. The first-order chi connectivity index (χ1) is 27.0. The molecule has 5 fully saturated rings. The lowest BCUT2D eigenvalue weighted by atomic mass is 9.94. The van der Waals surface area contributed by atoms with Crippen LogP contribution in [0.2, 0.25) is 0 Å². The van der Waals surface area contributed by atoms with Crippen molar-refractivity contribution in [3.8, 4) is 0 Å². The van der Waals surface area contributed by atoms with E-state index < -0.39 is 186 Å². The molecule has 5 aliphatic rings. The number of aliphatic hydroxyl groups is 14. The monoisotopic (exact) mass is 838 g/mol. The summed E-state index contributed by atoms with van der Waals surface area (Å²) in [6, 6.07) is -3.07. The number of carbonyl (C=O) groups excluding carboxylic acids is 1. The number of hydrogen-bond donors (Lipinski definition) is 16. The molecule has 0 aromatic rings. The van der Waals surface area contributed by atoms with Gasteiger partial charge in [0.05, 0.1) is 39.1 Å². The normalized spacial score (nSPS) is 51.0. The first-order valence-corrected chi connectivity index (χ1v) is 18.1. The largest absolute Gasteiger partial charge is 0.394 e. The van der Waals surface area contributed by atoms with Crippen LogP contribution in [-0.4, -0.2) is 258 Å². The minimum atomic E-state index is -2.07. The molecule has 0 aliphatic carbocycles. The first kappa shape index (κ1) is 46.6. The standard InChI is InChI=1S/C31H54N2O24/c1-7(38)33-14-20(44)15(39)8(2-34)50-29(14)55-24-11(5-37)53-28(13(32)19(24)43)56-25-17(41)10(4-36)52-31(23(25)47)57-26-18(42)9(3-35)51-30(22(26)46)54-12-6-49-27(48)21(45)16(12)40/h8-31,34-37,39-48H,2-6,32H2,1H3,(H,33,38)/t8-,9-,10-,11-,12+,13-,14-,15-,16-,17+,18+,19-,20-,21+,22-,23-,24-,25+,26+,27-,28+,29-,30+,31+/m1/s1. The number of nitrogens with one attached hydrogen (secondary N) is 1. The number of amides is 1. The van der Waals surface area contributed by atoms with Gasteiger partial charge < -0.3 is 125 Å². The smallest absolute Gasteiger partial charge is 0.217 e. The van der Waals surface area contributed by atoms with Gasteiger partial charge in [-0.25, -0.2) is 0 Å². The fraction of sp³-hybridized carbons (Fsp3) is 0.968. The van der Waals surface area contributed by atoms with Gasteiger partial charge in [0.1, 0.15) is 110 Å². The number of aliphatic hydroxyl groups excluding tert-OH is 14. The molecule has 0 unspecified atom stereocenters. The zero-order chi connectivity index (χ0) is 42.0. The van der Waals surface area contributed by atoms with E-state index in [2.05, 4.69) is 5.32 Å². The third-order valence-corrected chi connectivity index (χ3v) is 10.4. The van der Waals surface area contributed by atoms with Crippen LogP contribution in [0.3, 0.4) is 0 Å². The van der Waals surface area contributed by atoms with Crippen molar-refractivity contribution in [2.75, 3.05) is 33.0 Å². The van der Waals surface area contributed by atoms with Gasteiger partial charge in [-0.2, -0.15) is 0 Å². The minimum absolute atomic E-state index is 0.489. The molecule has 0 saturated carbocycles. The fourth-order valence-corrected chi connectivity index (χ4v) is 7.15. The minimum Gasteiger partial charge on any atom is -0.394 e. The molecule has 1 amide bonds. The van der Waals surface area contributed by atoms with Crippen LogP contribution < -0.4 is 11.1 Å². The zero-order valence-corrected chi connectivity index (χ0v) is 30.3.